The van der Waals surface area contributed by atoms with Crippen LogP contribution < -0.4 is 9.46 Å². The summed E-state index contributed by atoms with van der Waals surface area (Å²) in [5, 5.41) is 9.11. The van der Waals surface area contributed by atoms with Gasteiger partial charge in [0.1, 0.15) is 11.3 Å². The Morgan fingerprint density at radius 2 is 2.19 bits per heavy atom. The fraction of sp³-hybridized carbons (Fsp3) is 0.357. The van der Waals surface area contributed by atoms with E-state index in [2.05, 4.69) is 10.6 Å². The highest BCUT2D eigenvalue weighted by atomic mass is 32.2. The first-order valence-corrected chi connectivity index (χ1v) is 7.84. The van der Waals surface area contributed by atoms with Gasteiger partial charge in [0, 0.05) is 13.0 Å². The number of carboxylic acid groups (broad SMARTS) is 1. The van der Waals surface area contributed by atoms with Gasteiger partial charge in [-0.15, -0.1) is 12.3 Å². The van der Waals surface area contributed by atoms with Crippen molar-refractivity contribution in [3.63, 3.8) is 0 Å². The minimum absolute atomic E-state index is 0.121. The van der Waals surface area contributed by atoms with Crippen LogP contribution in [-0.4, -0.2) is 32.6 Å². The predicted octanol–water partition coefficient (Wildman–Crippen LogP) is 1.48. The summed E-state index contributed by atoms with van der Waals surface area (Å²) in [6.07, 6.45) is 6.06. The van der Waals surface area contributed by atoms with Crippen molar-refractivity contribution < 1.29 is 23.1 Å². The van der Waals surface area contributed by atoms with E-state index in [1.54, 1.807) is 6.92 Å². The number of benzene rings is 1. The number of carboxylic acids is 1. The van der Waals surface area contributed by atoms with E-state index in [4.69, 9.17) is 16.3 Å². The molecule has 0 amide bonds. The molecule has 21 heavy (non-hydrogen) atoms. The van der Waals surface area contributed by atoms with Crippen molar-refractivity contribution in [1.82, 2.24) is 4.72 Å². The topological polar surface area (TPSA) is 92.7 Å². The van der Waals surface area contributed by atoms with Crippen LogP contribution in [0.25, 0.3) is 0 Å². The summed E-state index contributed by atoms with van der Waals surface area (Å²) in [6.45, 7) is 2.20. The molecule has 7 heteroatoms. The van der Waals surface area contributed by atoms with E-state index in [1.165, 1.54) is 12.1 Å². The van der Waals surface area contributed by atoms with Crippen LogP contribution >= 0.6 is 0 Å². The van der Waals surface area contributed by atoms with Gasteiger partial charge in [0.15, 0.2) is 0 Å². The van der Waals surface area contributed by atoms with E-state index in [9.17, 15) is 13.2 Å². The number of hydrogen-bond donors (Lipinski definition) is 2. The van der Waals surface area contributed by atoms with E-state index < -0.39 is 16.0 Å². The van der Waals surface area contributed by atoms with E-state index >= 15 is 0 Å². The van der Waals surface area contributed by atoms with Gasteiger partial charge in [0.2, 0.25) is 10.0 Å². The molecule has 114 valence electrons. The van der Waals surface area contributed by atoms with Gasteiger partial charge in [-0.25, -0.2) is 17.9 Å². The number of nitrogens with one attached hydrogen (secondary N) is 1. The lowest BCUT2D eigenvalue weighted by Crippen LogP contribution is -2.25. The quantitative estimate of drug-likeness (QED) is 0.560. The van der Waals surface area contributed by atoms with E-state index in [0.717, 1.165) is 6.07 Å². The van der Waals surface area contributed by atoms with Gasteiger partial charge in [-0.1, -0.05) is 0 Å². The van der Waals surface area contributed by atoms with Crippen molar-refractivity contribution in [2.45, 2.75) is 24.7 Å². The SMILES string of the molecule is C#CCCCNS(=O)(=O)c1ccc(OCC)c(C(=O)O)c1. The number of carbonyl (C=O) groups is 1. The molecule has 1 aromatic carbocycles. The van der Waals surface area contributed by atoms with Crippen LogP contribution in [0.5, 0.6) is 5.75 Å². The van der Waals surface area contributed by atoms with Gasteiger partial charge in [-0.05, 0) is 31.5 Å². The van der Waals surface area contributed by atoms with Gasteiger partial charge < -0.3 is 9.84 Å². The highest BCUT2D eigenvalue weighted by molar-refractivity contribution is 7.89. The van der Waals surface area contributed by atoms with Gasteiger partial charge >= 0.3 is 5.97 Å². The summed E-state index contributed by atoms with van der Waals surface area (Å²) < 4.78 is 31.6. The Morgan fingerprint density at radius 1 is 1.48 bits per heavy atom. The summed E-state index contributed by atoms with van der Waals surface area (Å²) in [5.74, 6) is 1.30. The fourth-order valence-electron chi connectivity index (χ4n) is 1.61. The standard InChI is InChI=1S/C14H17NO5S/c1-3-5-6-9-15-21(18,19)11-7-8-13(20-4-2)12(10-11)14(16)17/h1,7-8,10,15H,4-6,9H2,2H3,(H,16,17). The molecule has 0 atom stereocenters. The number of hydrogen-bond acceptors (Lipinski definition) is 4. The Hall–Kier alpha value is -2.04. The summed E-state index contributed by atoms with van der Waals surface area (Å²) in [4.78, 5) is 11.0. The van der Waals surface area contributed by atoms with E-state index in [0.29, 0.717) is 12.8 Å². The fourth-order valence-corrected chi connectivity index (χ4v) is 2.70. The average Bonchev–Trinajstić information content (AvgIpc) is 2.44. The smallest absolute Gasteiger partial charge is 0.339 e. The maximum atomic E-state index is 12.0. The average molecular weight is 311 g/mol. The third-order valence-electron chi connectivity index (χ3n) is 2.58. The molecule has 2 N–H and O–H groups in total. The normalized spacial score (nSPS) is 10.9. The molecule has 0 aromatic heterocycles. The molecule has 0 radical (unpaired) electrons. The largest absolute Gasteiger partial charge is 0.493 e. The summed E-state index contributed by atoms with van der Waals surface area (Å²) in [7, 11) is -3.77. The zero-order valence-electron chi connectivity index (χ0n) is 11.6. The van der Waals surface area contributed by atoms with Crippen molar-refractivity contribution in [3.05, 3.63) is 23.8 Å². The van der Waals surface area contributed by atoms with Crippen molar-refractivity contribution in [2.75, 3.05) is 13.2 Å². The first-order chi connectivity index (χ1) is 9.92. The molecule has 0 aliphatic rings. The van der Waals surface area contributed by atoms with Gasteiger partial charge in [-0.3, -0.25) is 0 Å². The van der Waals surface area contributed by atoms with Crippen molar-refractivity contribution >= 4 is 16.0 Å². The summed E-state index contributed by atoms with van der Waals surface area (Å²) in [5.41, 5.74) is -0.191. The maximum absolute atomic E-state index is 12.0. The minimum Gasteiger partial charge on any atom is -0.493 e. The second kappa shape index (κ2) is 7.67. The van der Waals surface area contributed by atoms with Crippen LogP contribution in [0.4, 0.5) is 0 Å². The molecule has 0 aliphatic carbocycles. The van der Waals surface area contributed by atoms with Gasteiger partial charge in [0.05, 0.1) is 11.5 Å². The minimum atomic E-state index is -3.77. The van der Waals surface area contributed by atoms with Gasteiger partial charge in [-0.2, -0.15) is 0 Å². The van der Waals surface area contributed by atoms with Crippen LogP contribution in [0.3, 0.4) is 0 Å². The Morgan fingerprint density at radius 3 is 2.76 bits per heavy atom. The van der Waals surface area contributed by atoms with Crippen molar-refractivity contribution in [2.24, 2.45) is 0 Å². The zero-order chi connectivity index (χ0) is 15.9. The Labute approximate surface area is 124 Å². The molecule has 0 heterocycles. The third-order valence-corrected chi connectivity index (χ3v) is 4.04. The predicted molar refractivity (Wildman–Crippen MR) is 77.8 cm³/mol. The molecule has 0 unspecified atom stereocenters. The molecule has 1 aromatic rings. The molecular formula is C14H17NO5S. The summed E-state index contributed by atoms with van der Waals surface area (Å²) in [6, 6.07) is 3.72. The van der Waals surface area contributed by atoms with Crippen LogP contribution in [0, 0.1) is 12.3 Å². The number of ether oxygens (including phenoxy) is 1. The van der Waals surface area contributed by atoms with Crippen molar-refractivity contribution in [3.8, 4) is 18.1 Å². The Bertz CT molecular complexity index is 646. The molecule has 0 aliphatic heterocycles. The Kier molecular flexibility index (Phi) is 6.21. The van der Waals surface area contributed by atoms with Crippen LogP contribution in [0.1, 0.15) is 30.1 Å². The molecule has 0 saturated carbocycles. The van der Waals surface area contributed by atoms with Crippen LogP contribution in [0.15, 0.2) is 23.1 Å². The number of terminal acetylenes is 1. The first kappa shape index (κ1) is 17.0. The molecule has 0 fully saturated rings. The molecule has 1 rings (SSSR count). The van der Waals surface area contributed by atoms with Crippen LogP contribution in [-0.2, 0) is 10.0 Å². The lowest BCUT2D eigenvalue weighted by atomic mass is 10.2. The van der Waals surface area contributed by atoms with Crippen LogP contribution in [0.2, 0.25) is 0 Å². The van der Waals surface area contributed by atoms with Gasteiger partial charge in [0.25, 0.3) is 0 Å². The van der Waals surface area contributed by atoms with E-state index in [-0.39, 0.29) is 29.4 Å². The number of aromatic carboxylic acids is 1. The number of rotatable bonds is 8. The highest BCUT2D eigenvalue weighted by Crippen LogP contribution is 2.22. The highest BCUT2D eigenvalue weighted by Gasteiger charge is 2.19. The molecule has 0 saturated heterocycles. The first-order valence-electron chi connectivity index (χ1n) is 6.35. The lowest BCUT2D eigenvalue weighted by Gasteiger charge is -2.10. The number of unbranched alkanes of at least 4 members (excludes halogenated alkanes) is 1. The second-order valence-corrected chi connectivity index (χ2v) is 5.87. The molecule has 0 spiro atoms. The maximum Gasteiger partial charge on any atom is 0.339 e. The molecule has 0 bridgehead atoms. The number of sulfonamides is 1. The Balaban J connectivity index is 3.00. The molecule has 6 nitrogen and oxygen atoms in total. The molecular weight excluding hydrogens is 294 g/mol. The zero-order valence-corrected chi connectivity index (χ0v) is 12.4. The van der Waals surface area contributed by atoms with Crippen molar-refractivity contribution in [1.29, 1.82) is 0 Å². The summed E-state index contributed by atoms with van der Waals surface area (Å²) >= 11 is 0. The second-order valence-electron chi connectivity index (χ2n) is 4.10. The lowest BCUT2D eigenvalue weighted by molar-refractivity contribution is 0.0692. The monoisotopic (exact) mass is 311 g/mol. The third kappa shape index (κ3) is 4.77. The van der Waals surface area contributed by atoms with E-state index in [1.807, 2.05) is 0 Å².